The summed E-state index contributed by atoms with van der Waals surface area (Å²) < 4.78 is 33.0. The van der Waals surface area contributed by atoms with E-state index in [0.29, 0.717) is 11.4 Å². The van der Waals surface area contributed by atoms with E-state index >= 15 is 0 Å². The van der Waals surface area contributed by atoms with E-state index in [1.54, 1.807) is 30.3 Å². The van der Waals surface area contributed by atoms with E-state index in [-0.39, 0.29) is 16.3 Å². The van der Waals surface area contributed by atoms with Crippen LogP contribution in [0.15, 0.2) is 64.9 Å². The lowest BCUT2D eigenvalue weighted by Gasteiger charge is -2.14. The summed E-state index contributed by atoms with van der Waals surface area (Å²) in [6.07, 6.45) is 1.71. The number of non-ortho nitro benzene ring substituents is 1. The zero-order chi connectivity index (χ0) is 18.4. The molecule has 0 saturated heterocycles. The first kappa shape index (κ1) is 18.8. The highest BCUT2D eigenvalue weighted by Crippen LogP contribution is 2.32. The van der Waals surface area contributed by atoms with Crippen molar-refractivity contribution in [3.8, 4) is 5.75 Å². The SMILES string of the molecule is C=CCSc1ccccc1NS(=O)(=O)c1cc([N+](=O)[O-])ccc1OC. The van der Waals surface area contributed by atoms with Gasteiger partial charge in [-0.1, -0.05) is 18.2 Å². The van der Waals surface area contributed by atoms with Crippen LogP contribution in [0.1, 0.15) is 0 Å². The van der Waals surface area contributed by atoms with Crippen LogP contribution in [0.4, 0.5) is 11.4 Å². The molecular weight excluding hydrogens is 364 g/mol. The number of benzene rings is 2. The van der Waals surface area contributed by atoms with Crippen molar-refractivity contribution in [2.45, 2.75) is 9.79 Å². The number of nitrogens with zero attached hydrogens (tertiary/aromatic N) is 1. The smallest absolute Gasteiger partial charge is 0.271 e. The fourth-order valence-corrected chi connectivity index (χ4v) is 4.10. The number of ether oxygens (including phenoxy) is 1. The summed E-state index contributed by atoms with van der Waals surface area (Å²) in [6, 6.07) is 10.3. The van der Waals surface area contributed by atoms with Crippen molar-refractivity contribution in [3.05, 3.63) is 65.2 Å². The predicted molar refractivity (Wildman–Crippen MR) is 97.8 cm³/mol. The van der Waals surface area contributed by atoms with Gasteiger partial charge in [0, 0.05) is 22.8 Å². The van der Waals surface area contributed by atoms with E-state index in [1.807, 2.05) is 0 Å². The van der Waals surface area contributed by atoms with Gasteiger partial charge in [0.2, 0.25) is 0 Å². The number of thioether (sulfide) groups is 1. The molecule has 0 heterocycles. The Bertz CT molecular complexity index is 897. The number of hydrogen-bond acceptors (Lipinski definition) is 6. The topological polar surface area (TPSA) is 98.5 Å². The lowest BCUT2D eigenvalue weighted by Crippen LogP contribution is -2.15. The Labute approximate surface area is 149 Å². The summed E-state index contributed by atoms with van der Waals surface area (Å²) in [5, 5.41) is 10.9. The van der Waals surface area contributed by atoms with E-state index in [2.05, 4.69) is 11.3 Å². The van der Waals surface area contributed by atoms with Crippen LogP contribution in [0.25, 0.3) is 0 Å². The molecule has 7 nitrogen and oxygen atoms in total. The highest BCUT2D eigenvalue weighted by atomic mass is 32.2. The number of hydrogen-bond donors (Lipinski definition) is 1. The molecule has 132 valence electrons. The molecule has 2 rings (SSSR count). The molecule has 0 aliphatic heterocycles. The monoisotopic (exact) mass is 380 g/mol. The second kappa shape index (κ2) is 8.04. The Hall–Kier alpha value is -2.52. The molecule has 1 N–H and O–H groups in total. The molecule has 0 saturated carbocycles. The average molecular weight is 380 g/mol. The van der Waals surface area contributed by atoms with Crippen molar-refractivity contribution >= 4 is 33.2 Å². The van der Waals surface area contributed by atoms with Crippen LogP contribution < -0.4 is 9.46 Å². The largest absolute Gasteiger partial charge is 0.495 e. The summed E-state index contributed by atoms with van der Waals surface area (Å²) in [5.41, 5.74) is 0.0402. The van der Waals surface area contributed by atoms with E-state index in [9.17, 15) is 18.5 Å². The molecule has 2 aromatic rings. The Morgan fingerprint density at radius 2 is 2.04 bits per heavy atom. The van der Waals surface area contributed by atoms with Gasteiger partial charge in [0.25, 0.3) is 15.7 Å². The summed E-state index contributed by atoms with van der Waals surface area (Å²) >= 11 is 1.42. The van der Waals surface area contributed by atoms with Crippen molar-refractivity contribution in [3.63, 3.8) is 0 Å². The van der Waals surface area contributed by atoms with Crippen LogP contribution in [0, 0.1) is 10.1 Å². The number of methoxy groups -OCH3 is 1. The van der Waals surface area contributed by atoms with Crippen LogP contribution >= 0.6 is 11.8 Å². The third-order valence-electron chi connectivity index (χ3n) is 3.14. The van der Waals surface area contributed by atoms with Crippen LogP contribution in [0.2, 0.25) is 0 Å². The van der Waals surface area contributed by atoms with Gasteiger partial charge in [-0.2, -0.15) is 0 Å². The molecule has 0 fully saturated rings. The summed E-state index contributed by atoms with van der Waals surface area (Å²) in [7, 11) is -2.78. The Kier molecular flexibility index (Phi) is 6.05. The predicted octanol–water partition coefficient (Wildman–Crippen LogP) is 3.68. The summed E-state index contributed by atoms with van der Waals surface area (Å²) in [5.74, 6) is 0.633. The molecule has 0 atom stereocenters. The van der Waals surface area contributed by atoms with Crippen molar-refractivity contribution < 1.29 is 18.1 Å². The second-order valence-electron chi connectivity index (χ2n) is 4.79. The van der Waals surface area contributed by atoms with Crippen LogP contribution in [0.5, 0.6) is 5.75 Å². The van der Waals surface area contributed by atoms with Crippen molar-refractivity contribution in [2.75, 3.05) is 17.6 Å². The van der Waals surface area contributed by atoms with Crippen molar-refractivity contribution in [1.29, 1.82) is 0 Å². The zero-order valence-electron chi connectivity index (χ0n) is 13.3. The molecule has 0 aromatic heterocycles. The molecule has 0 amide bonds. The highest BCUT2D eigenvalue weighted by Gasteiger charge is 2.24. The molecule has 0 aliphatic rings. The minimum absolute atomic E-state index is 0.0225. The molecule has 25 heavy (non-hydrogen) atoms. The van der Waals surface area contributed by atoms with E-state index < -0.39 is 14.9 Å². The number of nitrogens with one attached hydrogen (secondary N) is 1. The minimum Gasteiger partial charge on any atom is -0.495 e. The number of para-hydroxylation sites is 1. The first-order chi connectivity index (χ1) is 11.9. The van der Waals surface area contributed by atoms with Gasteiger partial charge in [-0.3, -0.25) is 14.8 Å². The lowest BCUT2D eigenvalue weighted by molar-refractivity contribution is -0.385. The second-order valence-corrected chi connectivity index (χ2v) is 7.51. The highest BCUT2D eigenvalue weighted by molar-refractivity contribution is 7.99. The molecule has 0 spiro atoms. The third kappa shape index (κ3) is 4.52. The molecule has 9 heteroatoms. The molecular formula is C16H16N2O5S2. The van der Waals surface area contributed by atoms with Gasteiger partial charge in [0.05, 0.1) is 17.7 Å². The number of anilines is 1. The van der Waals surface area contributed by atoms with Gasteiger partial charge in [-0.15, -0.1) is 18.3 Å². The first-order valence-corrected chi connectivity index (χ1v) is 9.54. The third-order valence-corrected chi connectivity index (χ3v) is 5.59. The molecule has 0 aliphatic carbocycles. The van der Waals surface area contributed by atoms with Crippen LogP contribution in [0.3, 0.4) is 0 Å². The van der Waals surface area contributed by atoms with Gasteiger partial charge in [-0.05, 0) is 18.2 Å². The lowest BCUT2D eigenvalue weighted by atomic mass is 10.3. The standard InChI is InChI=1S/C16H16N2O5S2/c1-3-10-24-15-7-5-4-6-13(15)17-25(21,22)16-11-12(18(19)20)8-9-14(16)23-2/h3-9,11,17H,1,10H2,2H3. The number of nitro groups is 1. The normalized spacial score (nSPS) is 10.9. The van der Waals surface area contributed by atoms with Gasteiger partial charge >= 0.3 is 0 Å². The van der Waals surface area contributed by atoms with Gasteiger partial charge < -0.3 is 4.74 Å². The first-order valence-electron chi connectivity index (χ1n) is 7.07. The Morgan fingerprint density at radius 3 is 2.68 bits per heavy atom. The zero-order valence-corrected chi connectivity index (χ0v) is 15.0. The summed E-state index contributed by atoms with van der Waals surface area (Å²) in [4.78, 5) is 10.7. The number of sulfonamides is 1. The molecule has 0 radical (unpaired) electrons. The Balaban J connectivity index is 2.45. The maximum atomic E-state index is 12.7. The van der Waals surface area contributed by atoms with E-state index in [1.165, 1.54) is 31.0 Å². The summed E-state index contributed by atoms with van der Waals surface area (Å²) in [6.45, 7) is 3.64. The van der Waals surface area contributed by atoms with Crippen LogP contribution in [-0.4, -0.2) is 26.2 Å². The fraction of sp³-hybridized carbons (Fsp3) is 0.125. The average Bonchev–Trinajstić information content (AvgIpc) is 2.60. The molecule has 2 aromatic carbocycles. The molecule has 0 bridgehead atoms. The number of rotatable bonds is 8. The maximum Gasteiger partial charge on any atom is 0.271 e. The van der Waals surface area contributed by atoms with Gasteiger partial charge in [0.15, 0.2) is 0 Å². The van der Waals surface area contributed by atoms with E-state index in [0.717, 1.165) is 11.0 Å². The number of nitro benzene ring substituents is 1. The van der Waals surface area contributed by atoms with Gasteiger partial charge in [-0.25, -0.2) is 8.42 Å². The maximum absolute atomic E-state index is 12.7. The van der Waals surface area contributed by atoms with E-state index in [4.69, 9.17) is 4.74 Å². The van der Waals surface area contributed by atoms with Crippen molar-refractivity contribution in [1.82, 2.24) is 0 Å². The van der Waals surface area contributed by atoms with Crippen LogP contribution in [-0.2, 0) is 10.0 Å². The Morgan fingerprint density at radius 1 is 1.32 bits per heavy atom. The van der Waals surface area contributed by atoms with Gasteiger partial charge in [0.1, 0.15) is 10.6 Å². The minimum atomic E-state index is -4.08. The quantitative estimate of drug-likeness (QED) is 0.325. The molecule has 0 unspecified atom stereocenters. The fourth-order valence-electron chi connectivity index (χ4n) is 2.01. The van der Waals surface area contributed by atoms with Crippen molar-refractivity contribution in [2.24, 2.45) is 0 Å².